The maximum Gasteiger partial charge on any atom is 0.264 e. The number of ether oxygens (including phenoxy) is 2. The van der Waals surface area contributed by atoms with Crippen LogP contribution in [0.2, 0.25) is 5.02 Å². The Kier molecular flexibility index (Phi) is 7.92. The van der Waals surface area contributed by atoms with Crippen LogP contribution >= 0.6 is 11.6 Å². The largest absolute Gasteiger partial charge is 0.497 e. The topological polar surface area (TPSA) is 97.3 Å². The molecule has 0 unspecified atom stereocenters. The number of halogens is 1. The van der Waals surface area contributed by atoms with E-state index in [-0.39, 0.29) is 10.6 Å². The fourth-order valence-electron chi connectivity index (χ4n) is 2.94. The average molecular weight is 488 g/mol. The van der Waals surface area contributed by atoms with Crippen LogP contribution in [0.15, 0.2) is 82.8 Å². The minimum absolute atomic E-state index is 0.00978. The van der Waals surface area contributed by atoms with E-state index >= 15 is 0 Å². The Hall–Kier alpha value is -3.56. The third kappa shape index (κ3) is 6.03. The summed E-state index contributed by atoms with van der Waals surface area (Å²) in [6, 6.07) is 19.3. The first-order chi connectivity index (χ1) is 15.8. The van der Waals surface area contributed by atoms with Gasteiger partial charge < -0.3 is 9.47 Å². The smallest absolute Gasteiger partial charge is 0.264 e. The highest BCUT2D eigenvalue weighted by Crippen LogP contribution is 2.32. The van der Waals surface area contributed by atoms with Gasteiger partial charge in [-0.1, -0.05) is 35.9 Å². The quantitative estimate of drug-likeness (QED) is 0.366. The number of anilines is 1. The van der Waals surface area contributed by atoms with E-state index in [1.807, 2.05) is 0 Å². The molecule has 3 aromatic carbocycles. The molecule has 0 fully saturated rings. The second-order valence-corrected chi connectivity index (χ2v) is 9.01. The van der Waals surface area contributed by atoms with Gasteiger partial charge in [-0.05, 0) is 54.1 Å². The van der Waals surface area contributed by atoms with Gasteiger partial charge in [0.15, 0.2) is 0 Å². The fraction of sp³-hybridized carbons (Fsp3) is 0.130. The van der Waals surface area contributed by atoms with E-state index in [0.29, 0.717) is 22.1 Å². The van der Waals surface area contributed by atoms with Gasteiger partial charge in [-0.15, -0.1) is 0 Å². The number of hydrazone groups is 1. The molecule has 1 N–H and O–H groups in total. The predicted molar refractivity (Wildman–Crippen MR) is 128 cm³/mol. The number of amides is 1. The molecule has 0 saturated carbocycles. The third-order valence-corrected chi connectivity index (χ3v) is 6.55. The van der Waals surface area contributed by atoms with Crippen molar-refractivity contribution in [2.24, 2.45) is 5.10 Å². The zero-order chi connectivity index (χ0) is 23.8. The van der Waals surface area contributed by atoms with E-state index in [1.54, 1.807) is 48.5 Å². The summed E-state index contributed by atoms with van der Waals surface area (Å²) in [5.74, 6) is 0.159. The predicted octanol–water partition coefficient (Wildman–Crippen LogP) is 3.70. The molecule has 0 saturated heterocycles. The number of rotatable bonds is 9. The van der Waals surface area contributed by atoms with E-state index in [1.165, 1.54) is 44.7 Å². The highest BCUT2D eigenvalue weighted by Gasteiger charge is 2.29. The lowest BCUT2D eigenvalue weighted by Gasteiger charge is -2.25. The molecule has 0 aliphatic heterocycles. The molecule has 0 heterocycles. The summed E-state index contributed by atoms with van der Waals surface area (Å²) >= 11 is 5.94. The van der Waals surface area contributed by atoms with Crippen LogP contribution in [0.25, 0.3) is 0 Å². The lowest BCUT2D eigenvalue weighted by molar-refractivity contribution is -0.119. The molecule has 0 aliphatic rings. The SMILES string of the molecule is COc1ccc(S(=O)(=O)N(CC(=O)N/N=C\c2cccc(Cl)c2)c2ccccc2OC)cc1. The summed E-state index contributed by atoms with van der Waals surface area (Å²) in [6.45, 7) is -0.526. The average Bonchev–Trinajstić information content (AvgIpc) is 2.82. The number of sulfonamides is 1. The molecule has 10 heteroatoms. The summed E-state index contributed by atoms with van der Waals surface area (Å²) in [5, 5.41) is 4.42. The Labute approximate surface area is 197 Å². The Balaban J connectivity index is 1.89. The molecule has 0 bridgehead atoms. The molecule has 0 aliphatic carbocycles. The molecule has 0 radical (unpaired) electrons. The maximum absolute atomic E-state index is 13.5. The Morgan fingerprint density at radius 2 is 1.76 bits per heavy atom. The number of nitrogens with one attached hydrogen (secondary N) is 1. The highest BCUT2D eigenvalue weighted by atomic mass is 35.5. The van der Waals surface area contributed by atoms with Gasteiger partial charge in [0.05, 0.1) is 31.0 Å². The van der Waals surface area contributed by atoms with Gasteiger partial charge in [0.2, 0.25) is 0 Å². The number of carbonyl (C=O) groups excluding carboxylic acids is 1. The van der Waals surface area contributed by atoms with Crippen molar-refractivity contribution in [2.75, 3.05) is 25.1 Å². The molecule has 172 valence electrons. The van der Waals surface area contributed by atoms with Crippen LogP contribution in [-0.4, -0.2) is 41.3 Å². The van der Waals surface area contributed by atoms with Gasteiger partial charge in [0.1, 0.15) is 18.0 Å². The number of benzene rings is 3. The van der Waals surface area contributed by atoms with Crippen LogP contribution in [0.3, 0.4) is 0 Å². The fourth-order valence-corrected chi connectivity index (χ4v) is 4.57. The summed E-state index contributed by atoms with van der Waals surface area (Å²) in [4.78, 5) is 12.6. The van der Waals surface area contributed by atoms with Crippen molar-refractivity contribution in [1.29, 1.82) is 0 Å². The summed E-state index contributed by atoms with van der Waals surface area (Å²) in [7, 11) is -1.21. The maximum atomic E-state index is 13.5. The summed E-state index contributed by atoms with van der Waals surface area (Å²) < 4.78 is 38.3. The van der Waals surface area contributed by atoms with E-state index < -0.39 is 22.5 Å². The van der Waals surface area contributed by atoms with Gasteiger partial charge in [0, 0.05) is 5.02 Å². The normalized spacial score (nSPS) is 11.2. The standard InChI is InChI=1S/C23H22ClN3O5S/c1-31-19-10-12-20(13-11-19)33(29,30)27(21-8-3-4-9-22(21)32-2)16-23(28)26-25-15-17-6-5-7-18(24)14-17/h3-15H,16H2,1-2H3,(H,26,28)/b25-15-. The molecule has 33 heavy (non-hydrogen) atoms. The molecule has 3 aromatic rings. The van der Waals surface area contributed by atoms with Gasteiger partial charge in [-0.25, -0.2) is 13.8 Å². The van der Waals surface area contributed by atoms with Crippen molar-refractivity contribution in [3.63, 3.8) is 0 Å². The van der Waals surface area contributed by atoms with E-state index in [9.17, 15) is 13.2 Å². The third-order valence-electron chi connectivity index (χ3n) is 4.54. The monoisotopic (exact) mass is 487 g/mol. The van der Waals surface area contributed by atoms with Crippen LogP contribution in [-0.2, 0) is 14.8 Å². The van der Waals surface area contributed by atoms with Gasteiger partial charge in [-0.3, -0.25) is 9.10 Å². The van der Waals surface area contributed by atoms with Crippen LogP contribution < -0.4 is 19.2 Å². The number of hydrogen-bond acceptors (Lipinski definition) is 6. The molecule has 0 spiro atoms. The van der Waals surface area contributed by atoms with E-state index in [0.717, 1.165) is 4.31 Å². The summed E-state index contributed by atoms with van der Waals surface area (Å²) in [5.41, 5.74) is 3.24. The summed E-state index contributed by atoms with van der Waals surface area (Å²) in [6.07, 6.45) is 1.41. The lowest BCUT2D eigenvalue weighted by Crippen LogP contribution is -2.39. The van der Waals surface area contributed by atoms with Crippen molar-refractivity contribution < 1.29 is 22.7 Å². The van der Waals surface area contributed by atoms with E-state index in [2.05, 4.69) is 10.5 Å². The molecule has 0 atom stereocenters. The number of carbonyl (C=O) groups is 1. The Bertz CT molecular complexity index is 1250. The highest BCUT2D eigenvalue weighted by molar-refractivity contribution is 7.92. The van der Waals surface area contributed by atoms with Crippen LogP contribution in [0.4, 0.5) is 5.69 Å². The minimum Gasteiger partial charge on any atom is -0.497 e. The molecule has 3 rings (SSSR count). The first-order valence-electron chi connectivity index (χ1n) is 9.72. The van der Waals surface area contributed by atoms with Crippen molar-refractivity contribution in [3.05, 3.63) is 83.4 Å². The van der Waals surface area contributed by atoms with E-state index in [4.69, 9.17) is 21.1 Å². The van der Waals surface area contributed by atoms with Crippen molar-refractivity contribution >= 4 is 39.4 Å². The second kappa shape index (κ2) is 10.8. The Morgan fingerprint density at radius 3 is 2.42 bits per heavy atom. The number of para-hydroxylation sites is 2. The number of hydrogen-bond donors (Lipinski definition) is 1. The molecule has 1 amide bonds. The van der Waals surface area contributed by atoms with Gasteiger partial charge >= 0.3 is 0 Å². The zero-order valence-electron chi connectivity index (χ0n) is 17.9. The van der Waals surface area contributed by atoms with Crippen molar-refractivity contribution in [2.45, 2.75) is 4.90 Å². The molecule has 8 nitrogen and oxygen atoms in total. The van der Waals surface area contributed by atoms with Crippen molar-refractivity contribution in [3.8, 4) is 11.5 Å². The minimum atomic E-state index is -4.12. The molecular weight excluding hydrogens is 466 g/mol. The van der Waals surface area contributed by atoms with Crippen LogP contribution in [0.1, 0.15) is 5.56 Å². The van der Waals surface area contributed by atoms with Gasteiger partial charge in [-0.2, -0.15) is 5.10 Å². The lowest BCUT2D eigenvalue weighted by atomic mass is 10.2. The second-order valence-electron chi connectivity index (χ2n) is 6.71. The van der Waals surface area contributed by atoms with Crippen LogP contribution in [0.5, 0.6) is 11.5 Å². The Morgan fingerprint density at radius 1 is 1.03 bits per heavy atom. The number of nitrogens with zero attached hydrogens (tertiary/aromatic N) is 2. The molecular formula is C23H22ClN3O5S. The van der Waals surface area contributed by atoms with Gasteiger partial charge in [0.25, 0.3) is 15.9 Å². The van der Waals surface area contributed by atoms with Crippen molar-refractivity contribution in [1.82, 2.24) is 5.43 Å². The first-order valence-corrected chi connectivity index (χ1v) is 11.5. The first kappa shape index (κ1) is 24.1. The van der Waals surface area contributed by atoms with Crippen LogP contribution in [0, 0.1) is 0 Å². The molecule has 0 aromatic heterocycles. The zero-order valence-corrected chi connectivity index (χ0v) is 19.5. The number of methoxy groups -OCH3 is 2.